The van der Waals surface area contributed by atoms with Gasteiger partial charge in [-0.15, -0.1) is 23.2 Å². The van der Waals surface area contributed by atoms with Crippen LogP contribution in [0.15, 0.2) is 0 Å². The lowest BCUT2D eigenvalue weighted by Crippen LogP contribution is -2.46. The fraction of sp³-hybridized carbons (Fsp3) is 0.933. The third kappa shape index (κ3) is 4.47. The van der Waals surface area contributed by atoms with Crippen LogP contribution in [0.3, 0.4) is 0 Å². The van der Waals surface area contributed by atoms with Gasteiger partial charge in [0.2, 0.25) is 5.91 Å². The van der Waals surface area contributed by atoms with E-state index in [2.05, 4.69) is 4.90 Å². The number of alkyl halides is 2. The van der Waals surface area contributed by atoms with E-state index in [-0.39, 0.29) is 34.6 Å². The average Bonchev–Trinajstić information content (AvgIpc) is 2.44. The number of amides is 1. The molecule has 6 heteroatoms. The molecule has 122 valence electrons. The highest BCUT2D eigenvalue weighted by Gasteiger charge is 2.36. The van der Waals surface area contributed by atoms with E-state index in [9.17, 15) is 9.90 Å². The Bertz CT molecular complexity index is 360. The highest BCUT2D eigenvalue weighted by molar-refractivity contribution is 6.30. The molecule has 4 atom stereocenters. The van der Waals surface area contributed by atoms with Gasteiger partial charge in [-0.05, 0) is 44.7 Å². The van der Waals surface area contributed by atoms with Gasteiger partial charge in [0, 0.05) is 26.6 Å². The van der Waals surface area contributed by atoms with Crippen molar-refractivity contribution in [1.82, 2.24) is 9.80 Å². The van der Waals surface area contributed by atoms with E-state index < -0.39 is 0 Å². The second-order valence-corrected chi connectivity index (χ2v) is 7.76. The molecule has 1 aliphatic heterocycles. The van der Waals surface area contributed by atoms with Crippen molar-refractivity contribution < 1.29 is 9.90 Å². The van der Waals surface area contributed by atoms with Gasteiger partial charge in [0.15, 0.2) is 0 Å². The summed E-state index contributed by atoms with van der Waals surface area (Å²) >= 11 is 12.3. The molecule has 0 radical (unpaired) electrons. The molecule has 4 nitrogen and oxygen atoms in total. The summed E-state index contributed by atoms with van der Waals surface area (Å²) in [6, 6.07) is 0. The van der Waals surface area contributed by atoms with E-state index in [1.54, 1.807) is 4.90 Å². The maximum absolute atomic E-state index is 12.0. The first kappa shape index (κ1) is 17.3. The van der Waals surface area contributed by atoms with Crippen molar-refractivity contribution in [2.75, 3.05) is 33.7 Å². The van der Waals surface area contributed by atoms with Gasteiger partial charge in [-0.3, -0.25) is 4.79 Å². The molecular formula is C15H26Cl2N2O2. The van der Waals surface area contributed by atoms with E-state index in [4.69, 9.17) is 23.2 Å². The van der Waals surface area contributed by atoms with Crippen LogP contribution in [0, 0.1) is 11.8 Å². The standard InChI is InChI=1S/C15H26Cl2N2O2/c1-18(2)15(21)10-3-5-19(6-4-10)9-11-7-12(16)13(17)8-14(11)20/h10-14,20H,3-9H2,1-2H3. The summed E-state index contributed by atoms with van der Waals surface area (Å²) < 4.78 is 0. The zero-order valence-corrected chi connectivity index (χ0v) is 14.4. The largest absolute Gasteiger partial charge is 0.393 e. The van der Waals surface area contributed by atoms with Gasteiger partial charge in [-0.1, -0.05) is 0 Å². The Morgan fingerprint density at radius 3 is 2.33 bits per heavy atom. The van der Waals surface area contributed by atoms with Gasteiger partial charge < -0.3 is 14.9 Å². The van der Waals surface area contributed by atoms with Crippen LogP contribution in [0.5, 0.6) is 0 Å². The van der Waals surface area contributed by atoms with Gasteiger partial charge in [-0.25, -0.2) is 0 Å². The van der Waals surface area contributed by atoms with Crippen LogP contribution in [0.25, 0.3) is 0 Å². The van der Waals surface area contributed by atoms with Gasteiger partial charge in [-0.2, -0.15) is 0 Å². The number of halogens is 2. The molecule has 2 fully saturated rings. The summed E-state index contributed by atoms with van der Waals surface area (Å²) in [6.07, 6.45) is 2.80. The van der Waals surface area contributed by atoms with Crippen molar-refractivity contribution >= 4 is 29.1 Å². The van der Waals surface area contributed by atoms with Gasteiger partial charge in [0.05, 0.1) is 16.9 Å². The zero-order valence-electron chi connectivity index (χ0n) is 12.8. The van der Waals surface area contributed by atoms with E-state index in [1.165, 1.54) is 0 Å². The van der Waals surface area contributed by atoms with Crippen LogP contribution >= 0.6 is 23.2 Å². The molecule has 21 heavy (non-hydrogen) atoms. The van der Waals surface area contributed by atoms with E-state index in [0.29, 0.717) is 6.42 Å². The molecule has 1 aliphatic carbocycles. The molecule has 1 amide bonds. The van der Waals surface area contributed by atoms with E-state index in [0.717, 1.165) is 38.9 Å². The smallest absolute Gasteiger partial charge is 0.225 e. The first-order valence-electron chi connectivity index (χ1n) is 7.78. The SMILES string of the molecule is CN(C)C(=O)C1CCN(CC2CC(Cl)C(Cl)CC2O)CC1. The molecule has 1 N–H and O–H groups in total. The van der Waals surface area contributed by atoms with Crippen LogP contribution in [0.4, 0.5) is 0 Å². The summed E-state index contributed by atoms with van der Waals surface area (Å²) in [5.41, 5.74) is 0. The number of hydrogen-bond donors (Lipinski definition) is 1. The van der Waals surface area contributed by atoms with E-state index in [1.807, 2.05) is 14.1 Å². The van der Waals surface area contributed by atoms with Crippen molar-refractivity contribution in [1.29, 1.82) is 0 Å². The van der Waals surface area contributed by atoms with Gasteiger partial charge >= 0.3 is 0 Å². The lowest BCUT2D eigenvalue weighted by Gasteiger charge is -2.39. The Balaban J connectivity index is 1.79. The predicted molar refractivity (Wildman–Crippen MR) is 85.9 cm³/mol. The first-order valence-corrected chi connectivity index (χ1v) is 8.65. The highest BCUT2D eigenvalue weighted by atomic mass is 35.5. The normalized spacial score (nSPS) is 35.7. The molecule has 1 saturated heterocycles. The quantitative estimate of drug-likeness (QED) is 0.799. The van der Waals surface area contributed by atoms with Crippen LogP contribution in [-0.4, -0.2) is 71.4 Å². The monoisotopic (exact) mass is 336 g/mol. The molecule has 0 aromatic heterocycles. The minimum absolute atomic E-state index is 0.0482. The number of rotatable bonds is 3. The fourth-order valence-electron chi connectivity index (χ4n) is 3.42. The minimum atomic E-state index is -0.358. The maximum Gasteiger partial charge on any atom is 0.225 e. The predicted octanol–water partition coefficient (Wildman–Crippen LogP) is 1.77. The summed E-state index contributed by atoms with van der Waals surface area (Å²) in [5, 5.41) is 10.00. The highest BCUT2D eigenvalue weighted by Crippen LogP contribution is 2.33. The average molecular weight is 337 g/mol. The molecule has 0 spiro atoms. The second kappa shape index (κ2) is 7.49. The molecule has 2 aliphatic rings. The molecule has 4 unspecified atom stereocenters. The van der Waals surface area contributed by atoms with Crippen LogP contribution in [0.1, 0.15) is 25.7 Å². The number of hydrogen-bond acceptors (Lipinski definition) is 3. The lowest BCUT2D eigenvalue weighted by molar-refractivity contribution is -0.134. The Hall–Kier alpha value is -0.0300. The number of aliphatic hydroxyl groups is 1. The molecular weight excluding hydrogens is 311 g/mol. The van der Waals surface area contributed by atoms with Gasteiger partial charge in [0.1, 0.15) is 0 Å². The van der Waals surface area contributed by atoms with Crippen LogP contribution in [0.2, 0.25) is 0 Å². The lowest BCUT2D eigenvalue weighted by atomic mass is 9.84. The molecule has 0 aromatic rings. The maximum atomic E-state index is 12.0. The number of piperidine rings is 1. The second-order valence-electron chi connectivity index (χ2n) is 6.64. The first-order chi connectivity index (χ1) is 9.88. The molecule has 0 bridgehead atoms. The van der Waals surface area contributed by atoms with E-state index >= 15 is 0 Å². The van der Waals surface area contributed by atoms with Crippen molar-refractivity contribution in [3.63, 3.8) is 0 Å². The number of nitrogens with zero attached hydrogens (tertiary/aromatic N) is 2. The number of carbonyl (C=O) groups excluding carboxylic acids is 1. The molecule has 1 heterocycles. The van der Waals surface area contributed by atoms with Crippen LogP contribution < -0.4 is 0 Å². The van der Waals surface area contributed by atoms with Crippen molar-refractivity contribution in [3.8, 4) is 0 Å². The number of aliphatic hydroxyl groups excluding tert-OH is 1. The fourth-order valence-corrected chi connectivity index (χ4v) is 4.04. The van der Waals surface area contributed by atoms with Crippen molar-refractivity contribution in [2.24, 2.45) is 11.8 Å². The summed E-state index contributed by atoms with van der Waals surface area (Å²) in [5.74, 6) is 0.585. The Labute approximate surface area is 137 Å². The third-order valence-corrected chi connectivity index (χ3v) is 5.90. The zero-order chi connectivity index (χ0) is 15.6. The Morgan fingerprint density at radius 2 is 1.76 bits per heavy atom. The molecule has 2 rings (SSSR count). The Kier molecular flexibility index (Phi) is 6.18. The topological polar surface area (TPSA) is 43.8 Å². The Morgan fingerprint density at radius 1 is 1.19 bits per heavy atom. The number of carbonyl (C=O) groups is 1. The third-order valence-electron chi connectivity index (χ3n) is 4.80. The minimum Gasteiger partial charge on any atom is -0.393 e. The molecule has 0 aromatic carbocycles. The summed E-state index contributed by atoms with van der Waals surface area (Å²) in [4.78, 5) is 16.0. The summed E-state index contributed by atoms with van der Waals surface area (Å²) in [6.45, 7) is 2.70. The van der Waals surface area contributed by atoms with Crippen molar-refractivity contribution in [2.45, 2.75) is 42.5 Å². The van der Waals surface area contributed by atoms with Crippen molar-refractivity contribution in [3.05, 3.63) is 0 Å². The number of likely N-dealkylation sites (tertiary alicyclic amines) is 1. The van der Waals surface area contributed by atoms with Crippen LogP contribution in [-0.2, 0) is 4.79 Å². The molecule has 1 saturated carbocycles. The van der Waals surface area contributed by atoms with Gasteiger partial charge in [0.25, 0.3) is 0 Å². The summed E-state index contributed by atoms with van der Waals surface area (Å²) in [7, 11) is 3.63.